The normalized spacial score (nSPS) is 16.5. The van der Waals surface area contributed by atoms with Gasteiger partial charge in [0.05, 0.1) is 12.1 Å². The summed E-state index contributed by atoms with van der Waals surface area (Å²) in [7, 11) is 0. The Bertz CT molecular complexity index is 626. The van der Waals surface area contributed by atoms with E-state index < -0.39 is 0 Å². The van der Waals surface area contributed by atoms with Crippen molar-refractivity contribution in [3.05, 3.63) is 41.0 Å². The van der Waals surface area contributed by atoms with Crippen molar-refractivity contribution < 1.29 is 5.11 Å². The van der Waals surface area contributed by atoms with Crippen LogP contribution in [0.1, 0.15) is 37.7 Å². The highest BCUT2D eigenvalue weighted by molar-refractivity contribution is 6.30. The summed E-state index contributed by atoms with van der Waals surface area (Å²) in [6.07, 6.45) is 6.35. The van der Waals surface area contributed by atoms with Crippen molar-refractivity contribution in [1.82, 2.24) is 9.88 Å². The van der Waals surface area contributed by atoms with Gasteiger partial charge in [0.25, 0.3) is 0 Å². The van der Waals surface area contributed by atoms with Crippen molar-refractivity contribution in [2.45, 2.75) is 44.7 Å². The fourth-order valence-corrected chi connectivity index (χ4v) is 3.64. The first-order valence-electron chi connectivity index (χ1n) is 8.17. The predicted molar refractivity (Wildman–Crippen MR) is 91.1 cm³/mol. The van der Waals surface area contributed by atoms with E-state index in [1.165, 1.54) is 32.1 Å². The van der Waals surface area contributed by atoms with Crippen LogP contribution in [0.5, 0.6) is 0 Å². The predicted octanol–water partition coefficient (Wildman–Crippen LogP) is 4.02. The summed E-state index contributed by atoms with van der Waals surface area (Å²) in [5.41, 5.74) is 1.99. The van der Waals surface area contributed by atoms with Gasteiger partial charge in [0.2, 0.25) is 0 Å². The zero-order valence-electron chi connectivity index (χ0n) is 12.8. The molecule has 1 heterocycles. The van der Waals surface area contributed by atoms with Crippen LogP contribution >= 0.6 is 11.6 Å². The lowest BCUT2D eigenvalue weighted by Gasteiger charge is -2.34. The average Bonchev–Trinajstić information content (AvgIpc) is 2.56. The molecule has 1 saturated carbocycles. The molecule has 1 N–H and O–H groups in total. The molecule has 1 aromatic carbocycles. The van der Waals surface area contributed by atoms with Gasteiger partial charge in [0.15, 0.2) is 0 Å². The van der Waals surface area contributed by atoms with Gasteiger partial charge < -0.3 is 5.11 Å². The van der Waals surface area contributed by atoms with Gasteiger partial charge in [-0.3, -0.25) is 4.90 Å². The Balaban J connectivity index is 1.83. The quantitative estimate of drug-likeness (QED) is 0.846. The second kappa shape index (κ2) is 7.40. The van der Waals surface area contributed by atoms with Crippen molar-refractivity contribution in [3.63, 3.8) is 0 Å². The van der Waals surface area contributed by atoms with Crippen LogP contribution in [-0.2, 0) is 6.54 Å². The lowest BCUT2D eigenvalue weighted by molar-refractivity contribution is 0.117. The zero-order chi connectivity index (χ0) is 15.4. The number of pyridine rings is 1. The SMILES string of the molecule is OCCN(Cc1cc2ccccc2nc1Cl)C1CCCCC1. The molecule has 2 aromatic rings. The molecule has 0 unspecified atom stereocenters. The number of benzene rings is 1. The van der Waals surface area contributed by atoms with Gasteiger partial charge in [-0.1, -0.05) is 49.1 Å². The smallest absolute Gasteiger partial charge is 0.134 e. The molecule has 0 atom stereocenters. The number of aliphatic hydroxyl groups is 1. The average molecular weight is 319 g/mol. The molecular weight excluding hydrogens is 296 g/mol. The Morgan fingerprint density at radius 2 is 1.95 bits per heavy atom. The number of para-hydroxylation sites is 1. The van der Waals surface area contributed by atoms with E-state index in [9.17, 15) is 5.11 Å². The summed E-state index contributed by atoms with van der Waals surface area (Å²) in [6, 6.07) is 10.7. The molecule has 1 aromatic heterocycles. The summed E-state index contributed by atoms with van der Waals surface area (Å²) in [6.45, 7) is 1.66. The molecule has 0 amide bonds. The molecule has 0 saturated heterocycles. The van der Waals surface area contributed by atoms with E-state index in [4.69, 9.17) is 11.6 Å². The second-order valence-electron chi connectivity index (χ2n) is 6.12. The Hall–Kier alpha value is -1.16. The third-order valence-corrected chi connectivity index (χ3v) is 4.93. The number of nitrogens with zero attached hydrogens (tertiary/aromatic N) is 2. The Morgan fingerprint density at radius 3 is 2.73 bits per heavy atom. The van der Waals surface area contributed by atoms with Crippen LogP contribution < -0.4 is 0 Å². The standard InChI is InChI=1S/C18H23ClN2O/c19-18-15(12-14-6-4-5-9-17(14)20-18)13-21(10-11-22)16-7-2-1-3-8-16/h4-6,9,12,16,22H,1-3,7-8,10-11,13H2. The lowest BCUT2D eigenvalue weighted by atomic mass is 9.94. The maximum absolute atomic E-state index is 9.40. The van der Waals surface area contributed by atoms with Crippen molar-refractivity contribution in [2.24, 2.45) is 0 Å². The van der Waals surface area contributed by atoms with Crippen LogP contribution in [0.4, 0.5) is 0 Å². The molecule has 0 aliphatic heterocycles. The highest BCUT2D eigenvalue weighted by Crippen LogP contribution is 2.27. The Morgan fingerprint density at radius 1 is 1.18 bits per heavy atom. The van der Waals surface area contributed by atoms with Crippen LogP contribution in [0.25, 0.3) is 10.9 Å². The summed E-state index contributed by atoms with van der Waals surface area (Å²) in [4.78, 5) is 6.88. The molecule has 3 nitrogen and oxygen atoms in total. The molecular formula is C18H23ClN2O. The highest BCUT2D eigenvalue weighted by atomic mass is 35.5. The second-order valence-corrected chi connectivity index (χ2v) is 6.47. The number of aromatic nitrogens is 1. The van der Waals surface area contributed by atoms with Crippen molar-refractivity contribution in [1.29, 1.82) is 0 Å². The van der Waals surface area contributed by atoms with E-state index in [2.05, 4.69) is 22.0 Å². The molecule has 0 bridgehead atoms. The van der Waals surface area contributed by atoms with Crippen LogP contribution in [0.15, 0.2) is 30.3 Å². The lowest BCUT2D eigenvalue weighted by Crippen LogP contribution is -2.38. The van der Waals surface area contributed by atoms with E-state index in [1.54, 1.807) is 0 Å². The van der Waals surface area contributed by atoms with Crippen molar-refractivity contribution >= 4 is 22.5 Å². The minimum Gasteiger partial charge on any atom is -0.395 e. The van der Waals surface area contributed by atoms with E-state index in [-0.39, 0.29) is 6.61 Å². The molecule has 4 heteroatoms. The largest absolute Gasteiger partial charge is 0.395 e. The van der Waals surface area contributed by atoms with Crippen molar-refractivity contribution in [3.8, 4) is 0 Å². The summed E-state index contributed by atoms with van der Waals surface area (Å²) >= 11 is 6.39. The monoisotopic (exact) mass is 318 g/mol. The number of hydrogen-bond donors (Lipinski definition) is 1. The Labute approximate surface area is 136 Å². The Kier molecular flexibility index (Phi) is 5.29. The molecule has 22 heavy (non-hydrogen) atoms. The fraction of sp³-hybridized carbons (Fsp3) is 0.500. The van der Waals surface area contributed by atoms with Crippen LogP contribution in [0, 0.1) is 0 Å². The number of rotatable bonds is 5. The first kappa shape index (κ1) is 15.7. The molecule has 0 spiro atoms. The third-order valence-electron chi connectivity index (χ3n) is 4.60. The van der Waals surface area contributed by atoms with Crippen molar-refractivity contribution in [2.75, 3.05) is 13.2 Å². The van der Waals surface area contributed by atoms with Crippen LogP contribution in [0.3, 0.4) is 0 Å². The molecule has 1 fully saturated rings. The summed E-state index contributed by atoms with van der Waals surface area (Å²) < 4.78 is 0. The van der Waals surface area contributed by atoms with E-state index in [0.29, 0.717) is 17.7 Å². The third kappa shape index (κ3) is 3.60. The maximum Gasteiger partial charge on any atom is 0.134 e. The van der Waals surface area contributed by atoms with Gasteiger partial charge in [-0.05, 0) is 25.0 Å². The molecule has 1 aliphatic carbocycles. The minimum atomic E-state index is 0.190. The van der Waals surface area contributed by atoms with Gasteiger partial charge in [0, 0.05) is 30.1 Å². The van der Waals surface area contributed by atoms with E-state index >= 15 is 0 Å². The number of fused-ring (bicyclic) bond motifs is 1. The van der Waals surface area contributed by atoms with Crippen LogP contribution in [0.2, 0.25) is 5.15 Å². The number of halogens is 1. The molecule has 3 rings (SSSR count). The first-order chi connectivity index (χ1) is 10.8. The summed E-state index contributed by atoms with van der Waals surface area (Å²) in [5.74, 6) is 0. The highest BCUT2D eigenvalue weighted by Gasteiger charge is 2.21. The van der Waals surface area contributed by atoms with Gasteiger partial charge in [-0.2, -0.15) is 0 Å². The van der Waals surface area contributed by atoms with Gasteiger partial charge >= 0.3 is 0 Å². The topological polar surface area (TPSA) is 36.4 Å². The van der Waals surface area contributed by atoms with Gasteiger partial charge in [0.1, 0.15) is 5.15 Å². The minimum absolute atomic E-state index is 0.190. The fourth-order valence-electron chi connectivity index (χ4n) is 3.43. The van der Waals surface area contributed by atoms with Gasteiger partial charge in [-0.15, -0.1) is 0 Å². The van der Waals surface area contributed by atoms with Gasteiger partial charge in [-0.25, -0.2) is 4.98 Å². The molecule has 0 radical (unpaired) electrons. The van der Waals surface area contributed by atoms with Crippen LogP contribution in [-0.4, -0.2) is 34.2 Å². The number of aliphatic hydroxyl groups excluding tert-OH is 1. The number of hydrogen-bond acceptors (Lipinski definition) is 3. The first-order valence-corrected chi connectivity index (χ1v) is 8.55. The zero-order valence-corrected chi connectivity index (χ0v) is 13.6. The summed E-state index contributed by atoms with van der Waals surface area (Å²) in [5, 5.41) is 11.1. The maximum atomic E-state index is 9.40. The molecule has 1 aliphatic rings. The molecule has 118 valence electrons. The van der Waals surface area contributed by atoms with E-state index in [1.807, 2.05) is 18.2 Å². The van der Waals surface area contributed by atoms with E-state index in [0.717, 1.165) is 23.0 Å².